The third-order valence-corrected chi connectivity index (χ3v) is 6.65. The Morgan fingerprint density at radius 1 is 0.769 bits per heavy atom. The molecule has 0 aromatic rings. The second-order valence-electron chi connectivity index (χ2n) is 8.43. The number of hydrogen-bond donors (Lipinski definition) is 0. The van der Waals surface area contributed by atoms with Crippen molar-refractivity contribution in [2.45, 2.75) is 114 Å². The van der Waals surface area contributed by atoms with Gasteiger partial charge >= 0.3 is 6.16 Å². The molecule has 26 heavy (non-hydrogen) atoms. The number of rotatable bonds is 3. The van der Waals surface area contributed by atoms with Crippen LogP contribution in [0.3, 0.4) is 0 Å². The Morgan fingerprint density at radius 3 is 1.81 bits per heavy atom. The van der Waals surface area contributed by atoms with Gasteiger partial charge in [-0.3, -0.25) is 4.84 Å². The standard InChI is InChI=1S/C20H33N3O3/c24-20-25-21-19(23(26-20)18-14-8-3-9-15-18)22(16-10-4-1-5-11-16)17-12-6-2-7-13-17/h16-18H,1-15H2. The van der Waals surface area contributed by atoms with Crippen LogP contribution in [-0.2, 0) is 9.68 Å². The van der Waals surface area contributed by atoms with Gasteiger partial charge in [0.15, 0.2) is 0 Å². The van der Waals surface area contributed by atoms with E-state index in [0.717, 1.165) is 18.8 Å². The van der Waals surface area contributed by atoms with Crippen molar-refractivity contribution in [1.82, 2.24) is 9.96 Å². The fourth-order valence-corrected chi connectivity index (χ4v) is 5.31. The van der Waals surface area contributed by atoms with Crippen molar-refractivity contribution in [3.8, 4) is 0 Å². The molecule has 3 saturated carbocycles. The third-order valence-electron chi connectivity index (χ3n) is 6.65. The van der Waals surface area contributed by atoms with E-state index >= 15 is 0 Å². The van der Waals surface area contributed by atoms with Crippen LogP contribution in [-0.4, -0.2) is 40.2 Å². The second kappa shape index (κ2) is 8.49. The molecule has 4 rings (SSSR count). The van der Waals surface area contributed by atoms with Gasteiger partial charge in [-0.2, -0.15) is 9.86 Å². The van der Waals surface area contributed by atoms with Crippen molar-refractivity contribution < 1.29 is 14.5 Å². The summed E-state index contributed by atoms with van der Waals surface area (Å²) >= 11 is 0. The molecule has 1 aliphatic heterocycles. The predicted octanol–water partition coefficient (Wildman–Crippen LogP) is 4.94. The molecule has 0 atom stereocenters. The Kier molecular flexibility index (Phi) is 5.85. The molecule has 0 radical (unpaired) electrons. The maximum Gasteiger partial charge on any atom is 0.560 e. The number of carbonyl (C=O) groups is 1. The smallest absolute Gasteiger partial charge is 0.332 e. The monoisotopic (exact) mass is 363 g/mol. The minimum atomic E-state index is -0.688. The Balaban J connectivity index is 1.60. The molecule has 0 unspecified atom stereocenters. The Hall–Kier alpha value is -1.46. The van der Waals surface area contributed by atoms with Crippen LogP contribution in [0.5, 0.6) is 0 Å². The highest BCUT2D eigenvalue weighted by atomic mass is 16.9. The van der Waals surface area contributed by atoms with Crippen LogP contribution < -0.4 is 0 Å². The average Bonchev–Trinajstić information content (AvgIpc) is 2.71. The lowest BCUT2D eigenvalue weighted by Gasteiger charge is -2.47. The van der Waals surface area contributed by atoms with E-state index in [0.29, 0.717) is 12.1 Å². The first-order valence-corrected chi connectivity index (χ1v) is 10.9. The lowest BCUT2D eigenvalue weighted by Crippen LogP contribution is -2.59. The summed E-state index contributed by atoms with van der Waals surface area (Å²) in [5.41, 5.74) is 0. The van der Waals surface area contributed by atoms with E-state index in [1.165, 1.54) is 83.5 Å². The summed E-state index contributed by atoms with van der Waals surface area (Å²) < 4.78 is 0. The van der Waals surface area contributed by atoms with Gasteiger partial charge in [0, 0.05) is 12.1 Å². The van der Waals surface area contributed by atoms with E-state index in [-0.39, 0.29) is 6.04 Å². The van der Waals surface area contributed by atoms with Gasteiger partial charge in [0.2, 0.25) is 0 Å². The molecular formula is C20H33N3O3. The number of hydrogen-bond acceptors (Lipinski definition) is 6. The molecule has 0 bridgehead atoms. The van der Waals surface area contributed by atoms with E-state index < -0.39 is 6.16 Å². The van der Waals surface area contributed by atoms with E-state index in [4.69, 9.17) is 9.68 Å². The minimum Gasteiger partial charge on any atom is -0.332 e. The van der Waals surface area contributed by atoms with Crippen molar-refractivity contribution in [2.24, 2.45) is 5.16 Å². The van der Waals surface area contributed by atoms with Gasteiger partial charge in [0.25, 0.3) is 5.96 Å². The first-order valence-electron chi connectivity index (χ1n) is 10.9. The Morgan fingerprint density at radius 2 is 1.27 bits per heavy atom. The van der Waals surface area contributed by atoms with Crippen LogP contribution in [0.2, 0.25) is 0 Å². The van der Waals surface area contributed by atoms with E-state index in [1.807, 2.05) is 5.06 Å². The maximum atomic E-state index is 11.8. The zero-order valence-corrected chi connectivity index (χ0v) is 15.9. The molecule has 146 valence electrons. The normalized spacial score (nSPS) is 26.8. The van der Waals surface area contributed by atoms with Crippen molar-refractivity contribution in [3.63, 3.8) is 0 Å². The first kappa shape index (κ1) is 17.9. The highest BCUT2D eigenvalue weighted by Gasteiger charge is 2.40. The van der Waals surface area contributed by atoms with Crippen molar-refractivity contribution in [2.75, 3.05) is 0 Å². The summed E-state index contributed by atoms with van der Waals surface area (Å²) in [7, 11) is 0. The lowest BCUT2D eigenvalue weighted by molar-refractivity contribution is -0.138. The van der Waals surface area contributed by atoms with Gasteiger partial charge in [-0.1, -0.05) is 57.8 Å². The zero-order valence-electron chi connectivity index (χ0n) is 15.9. The molecule has 1 heterocycles. The van der Waals surface area contributed by atoms with Gasteiger partial charge in [0.1, 0.15) is 0 Å². The lowest BCUT2D eigenvalue weighted by atomic mass is 9.88. The number of guanidine groups is 1. The van der Waals surface area contributed by atoms with Crippen molar-refractivity contribution >= 4 is 12.1 Å². The molecule has 0 amide bonds. The number of hydroxylamine groups is 2. The molecule has 0 N–H and O–H groups in total. The molecule has 6 nitrogen and oxygen atoms in total. The molecule has 0 saturated heterocycles. The summed E-state index contributed by atoms with van der Waals surface area (Å²) in [6.45, 7) is 0. The third kappa shape index (κ3) is 3.94. The van der Waals surface area contributed by atoms with Crippen molar-refractivity contribution in [1.29, 1.82) is 0 Å². The topological polar surface area (TPSA) is 54.4 Å². The summed E-state index contributed by atoms with van der Waals surface area (Å²) in [5, 5.41) is 6.14. The zero-order chi connectivity index (χ0) is 17.8. The molecular weight excluding hydrogens is 330 g/mol. The molecule has 3 aliphatic carbocycles. The van der Waals surface area contributed by atoms with Gasteiger partial charge < -0.3 is 9.74 Å². The van der Waals surface area contributed by atoms with Crippen LogP contribution in [0.1, 0.15) is 96.3 Å². The summed E-state index contributed by atoms with van der Waals surface area (Å²) in [5.74, 6) is 0.773. The van der Waals surface area contributed by atoms with E-state index in [9.17, 15) is 4.79 Å². The fourth-order valence-electron chi connectivity index (χ4n) is 5.31. The SMILES string of the molecule is O=C1ON=C(N(C2CCCCC2)C2CCCCC2)N(C2CCCCC2)O1. The van der Waals surface area contributed by atoms with Crippen LogP contribution in [0, 0.1) is 0 Å². The summed E-state index contributed by atoms with van der Waals surface area (Å²) in [6.07, 6.45) is 17.7. The van der Waals surface area contributed by atoms with Gasteiger partial charge in [-0.05, 0) is 43.7 Å². The van der Waals surface area contributed by atoms with Gasteiger partial charge in [-0.25, -0.2) is 0 Å². The fraction of sp³-hybridized carbons (Fsp3) is 0.900. The average molecular weight is 364 g/mol. The Labute approximate surface area is 156 Å². The molecule has 0 aromatic heterocycles. The van der Waals surface area contributed by atoms with E-state index in [1.54, 1.807) is 0 Å². The summed E-state index contributed by atoms with van der Waals surface area (Å²) in [4.78, 5) is 24.9. The molecule has 6 heteroatoms. The largest absolute Gasteiger partial charge is 0.560 e. The van der Waals surface area contributed by atoms with Crippen LogP contribution in [0.4, 0.5) is 4.79 Å². The highest BCUT2D eigenvalue weighted by Crippen LogP contribution is 2.34. The van der Waals surface area contributed by atoms with Crippen LogP contribution in [0.25, 0.3) is 0 Å². The quantitative estimate of drug-likeness (QED) is 0.665. The number of oxime groups is 1. The molecule has 4 aliphatic rings. The summed E-state index contributed by atoms with van der Waals surface area (Å²) in [6, 6.07) is 1.24. The van der Waals surface area contributed by atoms with Crippen LogP contribution in [0.15, 0.2) is 5.16 Å². The second-order valence-corrected chi connectivity index (χ2v) is 8.43. The molecule has 0 spiro atoms. The first-order chi connectivity index (χ1) is 12.8. The highest BCUT2D eigenvalue weighted by molar-refractivity contribution is 5.83. The minimum absolute atomic E-state index is 0.241. The number of carbonyl (C=O) groups excluding carboxylic acids is 1. The molecule has 3 fully saturated rings. The van der Waals surface area contributed by atoms with Gasteiger partial charge in [0.05, 0.1) is 6.04 Å². The predicted molar refractivity (Wildman–Crippen MR) is 99.3 cm³/mol. The van der Waals surface area contributed by atoms with E-state index in [2.05, 4.69) is 10.1 Å². The Bertz CT molecular complexity index is 488. The van der Waals surface area contributed by atoms with Crippen LogP contribution >= 0.6 is 0 Å². The number of nitrogens with zero attached hydrogens (tertiary/aromatic N) is 3. The van der Waals surface area contributed by atoms with Crippen molar-refractivity contribution in [3.05, 3.63) is 0 Å². The molecule has 0 aromatic carbocycles. The maximum absolute atomic E-state index is 11.8. The van der Waals surface area contributed by atoms with Gasteiger partial charge in [-0.15, -0.1) is 0 Å².